The first-order valence-corrected chi connectivity index (χ1v) is 6.20. The van der Waals surface area contributed by atoms with Crippen LogP contribution in [0, 0.1) is 6.92 Å². The third-order valence-corrected chi connectivity index (χ3v) is 3.49. The first kappa shape index (κ1) is 12.2. The summed E-state index contributed by atoms with van der Waals surface area (Å²) in [6.07, 6.45) is 3.57. The second-order valence-electron chi connectivity index (χ2n) is 4.58. The summed E-state index contributed by atoms with van der Waals surface area (Å²) in [6.45, 7) is 3.19. The molecule has 1 heterocycles. The van der Waals surface area contributed by atoms with Gasteiger partial charge in [0.05, 0.1) is 14.2 Å². The Labute approximate surface area is 103 Å². The number of methoxy groups -OCH3 is 2. The summed E-state index contributed by atoms with van der Waals surface area (Å²) in [4.78, 5) is 0. The largest absolute Gasteiger partial charge is 0.496 e. The summed E-state index contributed by atoms with van der Waals surface area (Å²) < 4.78 is 10.8. The smallest absolute Gasteiger partial charge is 0.128 e. The van der Waals surface area contributed by atoms with E-state index in [0.29, 0.717) is 6.04 Å². The van der Waals surface area contributed by atoms with Crippen molar-refractivity contribution in [1.82, 2.24) is 5.32 Å². The molecule has 3 nitrogen and oxygen atoms in total. The van der Waals surface area contributed by atoms with E-state index in [0.717, 1.165) is 30.0 Å². The second-order valence-corrected chi connectivity index (χ2v) is 4.58. The summed E-state index contributed by atoms with van der Waals surface area (Å²) >= 11 is 0. The molecule has 1 fully saturated rings. The van der Waals surface area contributed by atoms with Crippen LogP contribution in [-0.4, -0.2) is 26.8 Å². The van der Waals surface area contributed by atoms with E-state index in [1.165, 1.54) is 18.4 Å². The third-order valence-electron chi connectivity index (χ3n) is 3.49. The highest BCUT2D eigenvalue weighted by atomic mass is 16.5. The summed E-state index contributed by atoms with van der Waals surface area (Å²) in [6, 6.07) is 4.74. The van der Waals surface area contributed by atoms with Crippen molar-refractivity contribution in [3.8, 4) is 11.5 Å². The lowest BCUT2D eigenvalue weighted by molar-refractivity contribution is 0.384. The van der Waals surface area contributed by atoms with E-state index in [2.05, 4.69) is 11.4 Å². The normalized spacial score (nSPS) is 19.4. The number of hydrogen-bond acceptors (Lipinski definition) is 3. The lowest BCUT2D eigenvalue weighted by atomic mass is 10.0. The van der Waals surface area contributed by atoms with E-state index in [1.54, 1.807) is 14.2 Å². The highest BCUT2D eigenvalue weighted by molar-refractivity contribution is 5.49. The maximum Gasteiger partial charge on any atom is 0.128 e. The molecule has 3 heteroatoms. The minimum absolute atomic E-state index is 0.594. The zero-order chi connectivity index (χ0) is 12.3. The van der Waals surface area contributed by atoms with Gasteiger partial charge in [0.25, 0.3) is 0 Å². The van der Waals surface area contributed by atoms with Crippen LogP contribution in [0.4, 0.5) is 0 Å². The highest BCUT2D eigenvalue weighted by Gasteiger charge is 2.18. The lowest BCUT2D eigenvalue weighted by Gasteiger charge is -2.17. The van der Waals surface area contributed by atoms with Gasteiger partial charge in [-0.15, -0.1) is 0 Å². The van der Waals surface area contributed by atoms with Crippen LogP contribution in [0.3, 0.4) is 0 Å². The first-order chi connectivity index (χ1) is 8.26. The van der Waals surface area contributed by atoms with Gasteiger partial charge in [-0.25, -0.2) is 0 Å². The molecule has 0 radical (unpaired) electrons. The molecule has 94 valence electrons. The minimum Gasteiger partial charge on any atom is -0.496 e. The molecule has 0 amide bonds. The lowest BCUT2D eigenvalue weighted by Crippen LogP contribution is -2.23. The molecule has 0 bridgehead atoms. The predicted molar refractivity (Wildman–Crippen MR) is 69.0 cm³/mol. The van der Waals surface area contributed by atoms with Crippen LogP contribution in [0.2, 0.25) is 0 Å². The molecule has 1 saturated heterocycles. The van der Waals surface area contributed by atoms with E-state index >= 15 is 0 Å². The molecular formula is C14H21NO2. The summed E-state index contributed by atoms with van der Waals surface area (Å²) in [7, 11) is 3.42. The van der Waals surface area contributed by atoms with Crippen LogP contribution in [0.1, 0.15) is 24.0 Å². The van der Waals surface area contributed by atoms with Gasteiger partial charge in [-0.05, 0) is 44.4 Å². The van der Waals surface area contributed by atoms with Gasteiger partial charge in [0.1, 0.15) is 11.5 Å². The van der Waals surface area contributed by atoms with Gasteiger partial charge in [0, 0.05) is 11.6 Å². The average molecular weight is 235 g/mol. The molecule has 1 aliphatic heterocycles. The molecule has 1 aromatic rings. The first-order valence-electron chi connectivity index (χ1n) is 6.20. The van der Waals surface area contributed by atoms with E-state index in [9.17, 15) is 0 Å². The van der Waals surface area contributed by atoms with Crippen LogP contribution in [-0.2, 0) is 6.42 Å². The second kappa shape index (κ2) is 5.41. The number of ether oxygens (including phenoxy) is 2. The molecule has 2 rings (SSSR count). The van der Waals surface area contributed by atoms with Gasteiger partial charge in [-0.2, -0.15) is 0 Å². The zero-order valence-corrected chi connectivity index (χ0v) is 10.9. The molecular weight excluding hydrogens is 214 g/mol. The standard InChI is InChI=1S/C14H21NO2/c1-10-13(16-2)7-6-11(14(10)17-3)9-12-5-4-8-15-12/h6-7,12,15H,4-5,8-9H2,1-3H3. The third kappa shape index (κ3) is 2.55. The molecule has 1 aliphatic rings. The average Bonchev–Trinajstić information content (AvgIpc) is 2.82. The Kier molecular flexibility index (Phi) is 3.89. The molecule has 17 heavy (non-hydrogen) atoms. The Balaban J connectivity index is 2.23. The fourth-order valence-electron chi connectivity index (χ4n) is 2.59. The Morgan fingerprint density at radius 2 is 2.12 bits per heavy atom. The van der Waals surface area contributed by atoms with Crippen molar-refractivity contribution in [3.05, 3.63) is 23.3 Å². The Bertz CT molecular complexity index is 384. The minimum atomic E-state index is 0.594. The Hall–Kier alpha value is -1.22. The van der Waals surface area contributed by atoms with Crippen LogP contribution in [0.5, 0.6) is 11.5 Å². The molecule has 0 spiro atoms. The fraction of sp³-hybridized carbons (Fsp3) is 0.571. The maximum atomic E-state index is 5.52. The van der Waals surface area contributed by atoms with Crippen molar-refractivity contribution >= 4 is 0 Å². The number of hydrogen-bond donors (Lipinski definition) is 1. The van der Waals surface area contributed by atoms with Gasteiger partial charge < -0.3 is 14.8 Å². The summed E-state index contributed by atoms with van der Waals surface area (Å²) in [5, 5.41) is 3.52. The molecule has 0 aromatic heterocycles. The van der Waals surface area contributed by atoms with E-state index < -0.39 is 0 Å². The topological polar surface area (TPSA) is 30.5 Å². The zero-order valence-electron chi connectivity index (χ0n) is 10.9. The Morgan fingerprint density at radius 1 is 1.29 bits per heavy atom. The molecule has 1 aromatic carbocycles. The van der Waals surface area contributed by atoms with Crippen molar-refractivity contribution in [2.24, 2.45) is 0 Å². The van der Waals surface area contributed by atoms with Gasteiger partial charge in [0.15, 0.2) is 0 Å². The molecule has 1 N–H and O–H groups in total. The maximum absolute atomic E-state index is 5.52. The van der Waals surface area contributed by atoms with Crippen molar-refractivity contribution in [2.45, 2.75) is 32.2 Å². The SMILES string of the molecule is COc1ccc(CC2CCCN2)c(OC)c1C. The summed E-state index contributed by atoms with van der Waals surface area (Å²) in [5.41, 5.74) is 2.36. The molecule has 0 aliphatic carbocycles. The van der Waals surface area contributed by atoms with Crippen molar-refractivity contribution in [2.75, 3.05) is 20.8 Å². The van der Waals surface area contributed by atoms with Crippen LogP contribution >= 0.6 is 0 Å². The van der Waals surface area contributed by atoms with Crippen molar-refractivity contribution in [1.29, 1.82) is 0 Å². The molecule has 1 unspecified atom stereocenters. The van der Waals surface area contributed by atoms with E-state index in [-0.39, 0.29) is 0 Å². The molecule has 0 saturated carbocycles. The highest BCUT2D eigenvalue weighted by Crippen LogP contribution is 2.32. The van der Waals surface area contributed by atoms with Crippen molar-refractivity contribution in [3.63, 3.8) is 0 Å². The van der Waals surface area contributed by atoms with Crippen molar-refractivity contribution < 1.29 is 9.47 Å². The summed E-state index contributed by atoms with van der Waals surface area (Å²) in [5.74, 6) is 1.86. The Morgan fingerprint density at radius 3 is 2.71 bits per heavy atom. The van der Waals surface area contributed by atoms with Crippen LogP contribution < -0.4 is 14.8 Å². The molecule has 1 atom stereocenters. The number of rotatable bonds is 4. The van der Waals surface area contributed by atoms with Gasteiger partial charge >= 0.3 is 0 Å². The van der Waals surface area contributed by atoms with Crippen LogP contribution in [0.15, 0.2) is 12.1 Å². The van der Waals surface area contributed by atoms with E-state index in [4.69, 9.17) is 9.47 Å². The monoisotopic (exact) mass is 235 g/mol. The predicted octanol–water partition coefficient (Wildman–Crippen LogP) is 2.31. The van der Waals surface area contributed by atoms with E-state index in [1.807, 2.05) is 13.0 Å². The number of nitrogens with one attached hydrogen (secondary N) is 1. The fourth-order valence-corrected chi connectivity index (χ4v) is 2.59. The van der Waals surface area contributed by atoms with Gasteiger partial charge in [-0.3, -0.25) is 0 Å². The van der Waals surface area contributed by atoms with Gasteiger partial charge in [0.2, 0.25) is 0 Å². The van der Waals surface area contributed by atoms with Gasteiger partial charge in [-0.1, -0.05) is 6.07 Å². The van der Waals surface area contributed by atoms with Crippen LogP contribution in [0.25, 0.3) is 0 Å². The number of benzene rings is 1. The quantitative estimate of drug-likeness (QED) is 0.868.